The summed E-state index contributed by atoms with van der Waals surface area (Å²) in [6.07, 6.45) is 1.49. The van der Waals surface area contributed by atoms with Crippen molar-refractivity contribution in [2.75, 3.05) is 26.2 Å². The number of rotatable bonds is 10. The summed E-state index contributed by atoms with van der Waals surface area (Å²) in [6, 6.07) is 15.9. The smallest absolute Gasteiger partial charge is 0.257 e. The third-order valence-corrected chi connectivity index (χ3v) is 8.06. The summed E-state index contributed by atoms with van der Waals surface area (Å²) in [6.45, 7) is 9.61. The Balaban J connectivity index is 1.52. The molecule has 0 bridgehead atoms. The normalized spacial score (nSPS) is 15.0. The van der Waals surface area contributed by atoms with Crippen LogP contribution in [0.2, 0.25) is 0 Å². The van der Waals surface area contributed by atoms with Gasteiger partial charge in [0.1, 0.15) is 24.7 Å². The molecule has 2 heterocycles. The molecule has 0 radical (unpaired) electrons. The van der Waals surface area contributed by atoms with E-state index in [0.717, 1.165) is 24.2 Å². The average molecular weight is 537 g/mol. The molecule has 2 amide bonds. The summed E-state index contributed by atoms with van der Waals surface area (Å²) >= 11 is 1.70. The zero-order chi connectivity index (χ0) is 27.2. The Kier molecular flexibility index (Phi) is 9.21. The Morgan fingerprint density at radius 2 is 1.82 bits per heavy atom. The number of carbonyl (C=O) groups is 2. The minimum absolute atomic E-state index is 0.00690. The largest absolute Gasteiger partial charge is 0.491 e. The van der Waals surface area contributed by atoms with E-state index in [2.05, 4.69) is 51.3 Å². The third-order valence-electron chi connectivity index (χ3n) is 7.06. The van der Waals surface area contributed by atoms with Gasteiger partial charge in [0.15, 0.2) is 0 Å². The molecule has 0 fully saturated rings. The van der Waals surface area contributed by atoms with Gasteiger partial charge in [0.05, 0.1) is 11.6 Å². The molecule has 0 spiro atoms. The van der Waals surface area contributed by atoms with Crippen molar-refractivity contribution in [3.8, 4) is 5.75 Å². The first-order chi connectivity index (χ1) is 18.2. The fourth-order valence-electron chi connectivity index (χ4n) is 4.72. The number of hydrogen-bond donors (Lipinski definition) is 0. The lowest BCUT2D eigenvalue weighted by Crippen LogP contribution is -2.48. The van der Waals surface area contributed by atoms with Gasteiger partial charge in [-0.15, -0.1) is 11.3 Å². The quantitative estimate of drug-likeness (QED) is 0.290. The topological polar surface area (TPSA) is 49.9 Å². The van der Waals surface area contributed by atoms with Gasteiger partial charge in [0.25, 0.3) is 5.91 Å². The summed E-state index contributed by atoms with van der Waals surface area (Å²) in [4.78, 5) is 31.6. The first-order valence-corrected chi connectivity index (χ1v) is 14.2. The van der Waals surface area contributed by atoms with E-state index in [1.165, 1.54) is 27.5 Å². The van der Waals surface area contributed by atoms with Gasteiger partial charge in [-0.05, 0) is 71.5 Å². The molecule has 1 aliphatic heterocycles. The van der Waals surface area contributed by atoms with Crippen molar-refractivity contribution in [2.45, 2.75) is 52.5 Å². The molecule has 0 aliphatic carbocycles. The molecule has 4 rings (SSSR count). The highest BCUT2D eigenvalue weighted by molar-refractivity contribution is 7.10. The number of ether oxygens (including phenoxy) is 1. The van der Waals surface area contributed by atoms with E-state index in [4.69, 9.17) is 4.74 Å². The third kappa shape index (κ3) is 6.62. The van der Waals surface area contributed by atoms with Gasteiger partial charge in [-0.2, -0.15) is 0 Å². The molecule has 7 heteroatoms. The standard InChI is InChI=1S/C31H37FN2O3S/c1-21(2)13-16-33(31(36)25-7-5-6-8-27(25)32)19-30(35)34-17-14-29-26(15-18-38-29)28(34)20-37-24-11-9-23(10-12-24)22(3)4/h5-12,15,18,21-22,28H,13-14,16-17,19-20H2,1-4H3. The van der Waals surface area contributed by atoms with E-state index in [-0.39, 0.29) is 24.1 Å². The van der Waals surface area contributed by atoms with Crippen molar-refractivity contribution in [2.24, 2.45) is 5.92 Å². The summed E-state index contributed by atoms with van der Waals surface area (Å²) < 4.78 is 20.6. The van der Waals surface area contributed by atoms with Crippen molar-refractivity contribution in [3.05, 3.63) is 87.4 Å². The van der Waals surface area contributed by atoms with Gasteiger partial charge < -0.3 is 14.5 Å². The van der Waals surface area contributed by atoms with Crippen molar-refractivity contribution < 1.29 is 18.7 Å². The maximum atomic E-state index is 14.5. The first-order valence-electron chi connectivity index (χ1n) is 13.4. The molecule has 0 saturated heterocycles. The van der Waals surface area contributed by atoms with E-state index >= 15 is 0 Å². The predicted octanol–water partition coefficient (Wildman–Crippen LogP) is 6.70. The first kappa shape index (κ1) is 27.8. The Labute approximate surface area is 229 Å². The number of carbonyl (C=O) groups excluding carboxylic acids is 2. The Morgan fingerprint density at radius 1 is 1.08 bits per heavy atom. The number of thiophene rings is 1. The second kappa shape index (κ2) is 12.6. The van der Waals surface area contributed by atoms with Gasteiger partial charge >= 0.3 is 0 Å². The van der Waals surface area contributed by atoms with E-state index in [9.17, 15) is 14.0 Å². The van der Waals surface area contributed by atoms with Gasteiger partial charge in [0, 0.05) is 18.0 Å². The maximum absolute atomic E-state index is 14.5. The molecule has 1 atom stereocenters. The SMILES string of the molecule is CC(C)CCN(CC(=O)N1CCc2sccc2C1COc1ccc(C(C)C)cc1)C(=O)c1ccccc1F. The molecule has 0 saturated carbocycles. The molecular weight excluding hydrogens is 499 g/mol. The number of amides is 2. The van der Waals surface area contributed by atoms with Gasteiger partial charge in [-0.1, -0.05) is 52.0 Å². The van der Waals surface area contributed by atoms with Gasteiger partial charge in [-0.3, -0.25) is 9.59 Å². The van der Waals surface area contributed by atoms with Crippen molar-refractivity contribution in [1.82, 2.24) is 9.80 Å². The van der Waals surface area contributed by atoms with E-state index in [1.807, 2.05) is 17.0 Å². The average Bonchev–Trinajstić information content (AvgIpc) is 3.39. The number of fused-ring (bicyclic) bond motifs is 1. The Morgan fingerprint density at radius 3 is 2.50 bits per heavy atom. The predicted molar refractivity (Wildman–Crippen MR) is 150 cm³/mol. The molecule has 2 aromatic carbocycles. The maximum Gasteiger partial charge on any atom is 0.257 e. The van der Waals surface area contributed by atoms with Crippen LogP contribution in [0.3, 0.4) is 0 Å². The fraction of sp³-hybridized carbons (Fsp3) is 0.419. The molecule has 5 nitrogen and oxygen atoms in total. The monoisotopic (exact) mass is 536 g/mol. The minimum atomic E-state index is -0.574. The highest BCUT2D eigenvalue weighted by Gasteiger charge is 2.34. The zero-order valence-electron chi connectivity index (χ0n) is 22.7. The number of hydrogen-bond acceptors (Lipinski definition) is 4. The Hall–Kier alpha value is -3.19. The molecule has 0 N–H and O–H groups in total. The molecule has 202 valence electrons. The summed E-state index contributed by atoms with van der Waals surface area (Å²) in [5.41, 5.74) is 2.34. The lowest BCUT2D eigenvalue weighted by atomic mass is 10.00. The van der Waals surface area contributed by atoms with E-state index in [1.54, 1.807) is 23.5 Å². The van der Waals surface area contributed by atoms with E-state index < -0.39 is 11.7 Å². The molecule has 1 unspecified atom stereocenters. The van der Waals surface area contributed by atoms with Gasteiger partial charge in [-0.25, -0.2) is 4.39 Å². The van der Waals surface area contributed by atoms with Crippen molar-refractivity contribution >= 4 is 23.2 Å². The second-order valence-electron chi connectivity index (χ2n) is 10.6. The van der Waals surface area contributed by atoms with Crippen LogP contribution in [0.25, 0.3) is 0 Å². The highest BCUT2D eigenvalue weighted by atomic mass is 32.1. The summed E-state index contributed by atoms with van der Waals surface area (Å²) in [7, 11) is 0. The van der Waals surface area contributed by atoms with Crippen LogP contribution >= 0.6 is 11.3 Å². The summed E-state index contributed by atoms with van der Waals surface area (Å²) in [5.74, 6) is 0.359. The number of halogens is 1. The lowest BCUT2D eigenvalue weighted by Gasteiger charge is -2.37. The van der Waals surface area contributed by atoms with Crippen molar-refractivity contribution in [3.63, 3.8) is 0 Å². The zero-order valence-corrected chi connectivity index (χ0v) is 23.5. The van der Waals surface area contributed by atoms with Crippen LogP contribution in [0.5, 0.6) is 5.75 Å². The number of nitrogens with zero attached hydrogens (tertiary/aromatic N) is 2. The summed E-state index contributed by atoms with van der Waals surface area (Å²) in [5, 5.41) is 2.06. The highest BCUT2D eigenvalue weighted by Crippen LogP contribution is 2.34. The molecular formula is C31H37FN2O3S. The van der Waals surface area contributed by atoms with Crippen LogP contribution in [0.4, 0.5) is 4.39 Å². The van der Waals surface area contributed by atoms with E-state index in [0.29, 0.717) is 31.5 Å². The van der Waals surface area contributed by atoms with Crippen LogP contribution in [0, 0.1) is 11.7 Å². The van der Waals surface area contributed by atoms with Gasteiger partial charge in [0.2, 0.25) is 5.91 Å². The Bertz CT molecular complexity index is 1240. The minimum Gasteiger partial charge on any atom is -0.491 e. The fourth-order valence-corrected chi connectivity index (χ4v) is 5.65. The van der Waals surface area contributed by atoms with Crippen LogP contribution in [-0.4, -0.2) is 47.9 Å². The van der Waals surface area contributed by atoms with Crippen LogP contribution in [0.1, 0.15) is 72.4 Å². The molecule has 38 heavy (non-hydrogen) atoms. The van der Waals surface area contributed by atoms with Crippen LogP contribution < -0.4 is 4.74 Å². The number of benzene rings is 2. The lowest BCUT2D eigenvalue weighted by molar-refractivity contribution is -0.135. The molecule has 1 aromatic heterocycles. The van der Waals surface area contributed by atoms with Crippen LogP contribution in [-0.2, 0) is 11.2 Å². The second-order valence-corrected chi connectivity index (χ2v) is 11.6. The molecule has 3 aromatic rings. The van der Waals surface area contributed by atoms with Crippen molar-refractivity contribution in [1.29, 1.82) is 0 Å². The molecule has 1 aliphatic rings. The van der Waals surface area contributed by atoms with Crippen LogP contribution in [0.15, 0.2) is 60.0 Å².